The maximum atomic E-state index is 6.61. The summed E-state index contributed by atoms with van der Waals surface area (Å²) < 4.78 is 2.34. The lowest BCUT2D eigenvalue weighted by molar-refractivity contribution is 1.18. The maximum Gasteiger partial charge on any atom is 0.0545 e. The lowest BCUT2D eigenvalue weighted by Gasteiger charge is -2.09. The summed E-state index contributed by atoms with van der Waals surface area (Å²) in [5.74, 6) is 0. The van der Waals surface area contributed by atoms with Gasteiger partial charge in [0.1, 0.15) is 0 Å². The van der Waals surface area contributed by atoms with Gasteiger partial charge in [-0.3, -0.25) is 0 Å². The van der Waals surface area contributed by atoms with Gasteiger partial charge in [-0.2, -0.15) is 0 Å². The quantitative estimate of drug-likeness (QED) is 0.276. The van der Waals surface area contributed by atoms with Gasteiger partial charge in [0.15, 0.2) is 0 Å². The van der Waals surface area contributed by atoms with Crippen molar-refractivity contribution >= 4 is 55.2 Å². The first-order valence-corrected chi connectivity index (χ1v) is 11.4. The molecule has 0 aliphatic heterocycles. The van der Waals surface area contributed by atoms with Crippen molar-refractivity contribution < 1.29 is 0 Å². The summed E-state index contributed by atoms with van der Waals surface area (Å²) in [6.45, 7) is 0. The lowest BCUT2D eigenvalue weighted by atomic mass is 10.00. The van der Waals surface area contributed by atoms with Crippen LogP contribution in [0.15, 0.2) is 109 Å². The van der Waals surface area contributed by atoms with Crippen molar-refractivity contribution in [1.82, 2.24) is 9.55 Å². The van der Waals surface area contributed by atoms with Crippen LogP contribution in [0.2, 0.25) is 5.02 Å². The van der Waals surface area contributed by atoms with Crippen LogP contribution in [-0.4, -0.2) is 9.55 Å². The smallest absolute Gasteiger partial charge is 0.0545 e. The van der Waals surface area contributed by atoms with Gasteiger partial charge in [0.25, 0.3) is 0 Å². The molecular formula is C30H19ClN2. The third-order valence-corrected chi connectivity index (χ3v) is 6.80. The molecule has 0 aliphatic carbocycles. The zero-order valence-electron chi connectivity index (χ0n) is 17.7. The number of halogens is 1. The van der Waals surface area contributed by atoms with Gasteiger partial charge in [-0.05, 0) is 54.1 Å². The molecule has 0 fully saturated rings. The fourth-order valence-corrected chi connectivity index (χ4v) is 5.36. The fourth-order valence-electron chi connectivity index (χ4n) is 5.14. The van der Waals surface area contributed by atoms with Crippen molar-refractivity contribution in [1.29, 1.82) is 0 Å². The first-order valence-electron chi connectivity index (χ1n) is 11.1. The molecule has 2 aromatic heterocycles. The topological polar surface area (TPSA) is 20.7 Å². The molecule has 0 bridgehead atoms. The molecule has 0 saturated heterocycles. The first kappa shape index (κ1) is 18.6. The van der Waals surface area contributed by atoms with Crippen molar-refractivity contribution in [3.05, 3.63) is 114 Å². The van der Waals surface area contributed by atoms with E-state index in [1.165, 1.54) is 27.2 Å². The predicted octanol–water partition coefficient (Wildman–Crippen LogP) is 8.74. The van der Waals surface area contributed by atoms with Gasteiger partial charge in [0.05, 0.1) is 16.6 Å². The SMILES string of the molecule is Clc1cc(-c2ccc3c(c2)c2ccccc2n3-c2ccccc2)c2[nH]c3ccccc3c2c1. The Morgan fingerprint density at radius 2 is 1.30 bits per heavy atom. The van der Waals surface area contributed by atoms with Crippen LogP contribution >= 0.6 is 11.6 Å². The Labute approximate surface area is 195 Å². The van der Waals surface area contributed by atoms with Crippen LogP contribution in [0.25, 0.3) is 60.4 Å². The number of hydrogen-bond acceptors (Lipinski definition) is 0. The Morgan fingerprint density at radius 3 is 2.18 bits per heavy atom. The van der Waals surface area contributed by atoms with E-state index in [1.54, 1.807) is 0 Å². The molecule has 0 saturated carbocycles. The number of fused-ring (bicyclic) bond motifs is 6. The molecule has 2 heterocycles. The van der Waals surface area contributed by atoms with Gasteiger partial charge in [-0.25, -0.2) is 0 Å². The molecule has 7 rings (SSSR count). The number of aromatic amines is 1. The van der Waals surface area contributed by atoms with Crippen molar-refractivity contribution in [3.8, 4) is 16.8 Å². The Kier molecular flexibility index (Phi) is 3.93. The van der Waals surface area contributed by atoms with Crippen LogP contribution in [0, 0.1) is 0 Å². The summed E-state index contributed by atoms with van der Waals surface area (Å²) in [7, 11) is 0. The van der Waals surface area contributed by atoms with Crippen molar-refractivity contribution in [3.63, 3.8) is 0 Å². The maximum absolute atomic E-state index is 6.61. The van der Waals surface area contributed by atoms with E-state index in [1.807, 2.05) is 0 Å². The second-order valence-electron chi connectivity index (χ2n) is 8.47. The summed E-state index contributed by atoms with van der Waals surface area (Å²) in [5, 5.41) is 5.57. The monoisotopic (exact) mass is 442 g/mol. The summed E-state index contributed by atoms with van der Waals surface area (Å²) in [6, 6.07) is 38.4. The highest BCUT2D eigenvalue weighted by Crippen LogP contribution is 2.39. The molecule has 0 spiro atoms. The average molecular weight is 443 g/mol. The minimum Gasteiger partial charge on any atom is -0.354 e. The largest absolute Gasteiger partial charge is 0.354 e. The zero-order chi connectivity index (χ0) is 21.9. The molecule has 0 radical (unpaired) electrons. The molecule has 3 heteroatoms. The van der Waals surface area contributed by atoms with Crippen LogP contribution in [0.3, 0.4) is 0 Å². The third kappa shape index (κ3) is 2.75. The highest BCUT2D eigenvalue weighted by molar-refractivity contribution is 6.32. The summed E-state index contributed by atoms with van der Waals surface area (Å²) >= 11 is 6.61. The number of nitrogens with one attached hydrogen (secondary N) is 1. The van der Waals surface area contributed by atoms with E-state index in [0.717, 1.165) is 38.3 Å². The number of benzene rings is 5. The molecule has 5 aromatic carbocycles. The number of para-hydroxylation sites is 3. The highest BCUT2D eigenvalue weighted by atomic mass is 35.5. The normalized spacial score (nSPS) is 11.8. The second-order valence-corrected chi connectivity index (χ2v) is 8.90. The zero-order valence-corrected chi connectivity index (χ0v) is 18.5. The number of rotatable bonds is 2. The van der Waals surface area contributed by atoms with E-state index in [4.69, 9.17) is 11.6 Å². The van der Waals surface area contributed by atoms with Gasteiger partial charge < -0.3 is 9.55 Å². The van der Waals surface area contributed by atoms with Crippen LogP contribution in [0.4, 0.5) is 0 Å². The Morgan fingerprint density at radius 1 is 0.576 bits per heavy atom. The van der Waals surface area contributed by atoms with E-state index in [2.05, 4.69) is 119 Å². The average Bonchev–Trinajstić information content (AvgIpc) is 3.39. The van der Waals surface area contributed by atoms with E-state index in [-0.39, 0.29) is 0 Å². The van der Waals surface area contributed by atoms with Crippen LogP contribution < -0.4 is 0 Å². The summed E-state index contributed by atoms with van der Waals surface area (Å²) in [6.07, 6.45) is 0. The molecule has 0 aliphatic rings. The van der Waals surface area contributed by atoms with Gasteiger partial charge in [-0.15, -0.1) is 0 Å². The molecule has 0 unspecified atom stereocenters. The molecule has 0 atom stereocenters. The Hall–Kier alpha value is -4.01. The fraction of sp³-hybridized carbons (Fsp3) is 0. The first-order chi connectivity index (χ1) is 16.3. The van der Waals surface area contributed by atoms with E-state index < -0.39 is 0 Å². The van der Waals surface area contributed by atoms with E-state index in [0.29, 0.717) is 0 Å². The van der Waals surface area contributed by atoms with Crippen molar-refractivity contribution in [2.24, 2.45) is 0 Å². The summed E-state index contributed by atoms with van der Waals surface area (Å²) in [5.41, 5.74) is 8.07. The van der Waals surface area contributed by atoms with Gasteiger partial charge in [0, 0.05) is 43.3 Å². The lowest BCUT2D eigenvalue weighted by Crippen LogP contribution is -1.92. The van der Waals surface area contributed by atoms with Crippen molar-refractivity contribution in [2.45, 2.75) is 0 Å². The standard InChI is InChI=1S/C30H19ClN2/c31-20-17-24(30-26(18-20)22-10-4-6-12-27(22)32-30)19-14-15-29-25(16-19)23-11-5-7-13-28(23)33(29)21-8-2-1-3-9-21/h1-18,32H. The predicted molar refractivity (Wildman–Crippen MR) is 141 cm³/mol. The van der Waals surface area contributed by atoms with Crippen LogP contribution in [0.5, 0.6) is 0 Å². The Bertz CT molecular complexity index is 1820. The molecule has 7 aromatic rings. The molecule has 156 valence electrons. The summed E-state index contributed by atoms with van der Waals surface area (Å²) in [4.78, 5) is 3.62. The number of H-pyrrole nitrogens is 1. The van der Waals surface area contributed by atoms with Crippen LogP contribution in [0.1, 0.15) is 0 Å². The number of aromatic nitrogens is 2. The van der Waals surface area contributed by atoms with Crippen LogP contribution in [-0.2, 0) is 0 Å². The second kappa shape index (κ2) is 6.99. The van der Waals surface area contributed by atoms with Crippen molar-refractivity contribution in [2.75, 3.05) is 0 Å². The number of hydrogen-bond donors (Lipinski definition) is 1. The van der Waals surface area contributed by atoms with E-state index in [9.17, 15) is 0 Å². The molecular weight excluding hydrogens is 424 g/mol. The minimum atomic E-state index is 0.745. The van der Waals surface area contributed by atoms with Gasteiger partial charge in [-0.1, -0.05) is 72.3 Å². The molecule has 2 nitrogen and oxygen atoms in total. The highest BCUT2D eigenvalue weighted by Gasteiger charge is 2.15. The van der Waals surface area contributed by atoms with E-state index >= 15 is 0 Å². The third-order valence-electron chi connectivity index (χ3n) is 6.58. The van der Waals surface area contributed by atoms with Gasteiger partial charge >= 0.3 is 0 Å². The molecule has 33 heavy (non-hydrogen) atoms. The Balaban J connectivity index is 1.55. The minimum absolute atomic E-state index is 0.745. The van der Waals surface area contributed by atoms with Gasteiger partial charge in [0.2, 0.25) is 0 Å². The number of nitrogens with zero attached hydrogens (tertiary/aromatic N) is 1. The molecule has 0 amide bonds. The molecule has 1 N–H and O–H groups in total.